The standard InChI is InChI=1S/C13H14N2O3S/c1-2-6-14-7-5-12(17)15(13(14)18)9-10(16)11-4-3-8-19-11/h3-5,7-8H,2,6,9H2,1H3. The zero-order chi connectivity index (χ0) is 13.8. The lowest BCUT2D eigenvalue weighted by Gasteiger charge is -2.07. The Hall–Kier alpha value is -1.95. The molecular weight excluding hydrogens is 264 g/mol. The van der Waals surface area contributed by atoms with E-state index in [0.717, 1.165) is 11.0 Å². The summed E-state index contributed by atoms with van der Waals surface area (Å²) in [6.07, 6.45) is 2.26. The van der Waals surface area contributed by atoms with Gasteiger partial charge in [-0.3, -0.25) is 14.2 Å². The Bertz CT molecular complexity index is 683. The average molecular weight is 278 g/mol. The minimum atomic E-state index is -0.442. The summed E-state index contributed by atoms with van der Waals surface area (Å²) in [6, 6.07) is 4.77. The third kappa shape index (κ3) is 2.90. The Balaban J connectivity index is 2.35. The number of hydrogen-bond acceptors (Lipinski definition) is 4. The molecule has 0 fully saturated rings. The molecule has 6 heteroatoms. The van der Waals surface area contributed by atoms with Crippen molar-refractivity contribution in [2.45, 2.75) is 26.4 Å². The quantitative estimate of drug-likeness (QED) is 0.776. The molecule has 5 nitrogen and oxygen atoms in total. The maximum absolute atomic E-state index is 12.1. The molecule has 2 aromatic rings. The fourth-order valence-corrected chi connectivity index (χ4v) is 2.43. The van der Waals surface area contributed by atoms with Gasteiger partial charge in [0, 0.05) is 18.8 Å². The number of hydrogen-bond donors (Lipinski definition) is 0. The molecule has 0 unspecified atom stereocenters. The highest BCUT2D eigenvalue weighted by molar-refractivity contribution is 7.12. The van der Waals surface area contributed by atoms with Crippen LogP contribution in [0.2, 0.25) is 0 Å². The molecule has 0 aromatic carbocycles. The Morgan fingerprint density at radius 3 is 2.74 bits per heavy atom. The first-order valence-electron chi connectivity index (χ1n) is 6.00. The first-order chi connectivity index (χ1) is 9.13. The molecule has 0 bridgehead atoms. The fraction of sp³-hybridized carbons (Fsp3) is 0.308. The van der Waals surface area contributed by atoms with Crippen LogP contribution >= 0.6 is 11.3 Å². The third-order valence-electron chi connectivity index (χ3n) is 2.70. The van der Waals surface area contributed by atoms with Gasteiger partial charge in [-0.1, -0.05) is 13.0 Å². The summed E-state index contributed by atoms with van der Waals surface area (Å²) in [5, 5.41) is 1.79. The van der Waals surface area contributed by atoms with Crippen LogP contribution in [0.3, 0.4) is 0 Å². The van der Waals surface area contributed by atoms with E-state index in [1.165, 1.54) is 28.2 Å². The molecule has 0 aliphatic carbocycles. The van der Waals surface area contributed by atoms with E-state index in [0.29, 0.717) is 11.4 Å². The van der Waals surface area contributed by atoms with Crippen molar-refractivity contribution in [1.82, 2.24) is 9.13 Å². The van der Waals surface area contributed by atoms with Crippen molar-refractivity contribution in [3.05, 3.63) is 55.5 Å². The molecule has 0 spiro atoms. The largest absolute Gasteiger partial charge is 0.331 e. The Morgan fingerprint density at radius 2 is 2.11 bits per heavy atom. The molecule has 0 saturated heterocycles. The fourth-order valence-electron chi connectivity index (χ4n) is 1.77. The van der Waals surface area contributed by atoms with Crippen molar-refractivity contribution in [2.24, 2.45) is 0 Å². The molecule has 0 atom stereocenters. The summed E-state index contributed by atoms with van der Waals surface area (Å²) in [5.41, 5.74) is -0.874. The van der Waals surface area contributed by atoms with Gasteiger partial charge in [0.15, 0.2) is 5.78 Å². The maximum atomic E-state index is 12.1. The highest BCUT2D eigenvalue weighted by Crippen LogP contribution is 2.09. The topological polar surface area (TPSA) is 61.1 Å². The van der Waals surface area contributed by atoms with Crippen LogP contribution in [-0.2, 0) is 13.1 Å². The van der Waals surface area contributed by atoms with E-state index in [9.17, 15) is 14.4 Å². The van der Waals surface area contributed by atoms with Crippen LogP contribution in [0, 0.1) is 0 Å². The van der Waals surface area contributed by atoms with Crippen LogP contribution in [0.4, 0.5) is 0 Å². The van der Waals surface area contributed by atoms with Gasteiger partial charge in [0.1, 0.15) is 0 Å². The predicted molar refractivity (Wildman–Crippen MR) is 73.9 cm³/mol. The maximum Gasteiger partial charge on any atom is 0.331 e. The zero-order valence-electron chi connectivity index (χ0n) is 10.5. The number of rotatable bonds is 5. The predicted octanol–water partition coefficient (Wildman–Crippen LogP) is 1.36. The van der Waals surface area contributed by atoms with E-state index < -0.39 is 11.2 Å². The van der Waals surface area contributed by atoms with E-state index in [4.69, 9.17) is 0 Å². The number of carbonyl (C=O) groups is 1. The lowest BCUT2D eigenvalue weighted by molar-refractivity contribution is 0.0972. The van der Waals surface area contributed by atoms with Gasteiger partial charge in [-0.2, -0.15) is 0 Å². The van der Waals surface area contributed by atoms with Crippen LogP contribution < -0.4 is 11.2 Å². The van der Waals surface area contributed by atoms with Gasteiger partial charge in [0.2, 0.25) is 0 Å². The van der Waals surface area contributed by atoms with Crippen molar-refractivity contribution in [3.8, 4) is 0 Å². The number of nitrogens with zero attached hydrogens (tertiary/aromatic N) is 2. The SMILES string of the molecule is CCCn1ccc(=O)n(CC(=O)c2cccs2)c1=O. The van der Waals surface area contributed by atoms with Crippen molar-refractivity contribution in [1.29, 1.82) is 0 Å². The molecule has 0 aliphatic heterocycles. The molecule has 0 saturated carbocycles. The number of Topliss-reactive ketones (excluding diaryl/α,β-unsaturated/α-hetero) is 1. The van der Waals surface area contributed by atoms with E-state index in [2.05, 4.69) is 0 Å². The highest BCUT2D eigenvalue weighted by Gasteiger charge is 2.12. The minimum Gasteiger partial charge on any atom is -0.300 e. The van der Waals surface area contributed by atoms with E-state index in [1.807, 2.05) is 6.92 Å². The summed E-state index contributed by atoms with van der Waals surface area (Å²) in [5.74, 6) is -0.219. The molecule has 19 heavy (non-hydrogen) atoms. The second kappa shape index (κ2) is 5.79. The molecule has 0 aliphatic rings. The molecule has 2 aromatic heterocycles. The van der Waals surface area contributed by atoms with Crippen LogP contribution in [0.1, 0.15) is 23.0 Å². The molecule has 2 heterocycles. The smallest absolute Gasteiger partial charge is 0.300 e. The van der Waals surface area contributed by atoms with Gasteiger partial charge in [-0.25, -0.2) is 4.79 Å². The van der Waals surface area contributed by atoms with Gasteiger partial charge < -0.3 is 4.57 Å². The Kier molecular flexibility index (Phi) is 4.11. The second-order valence-corrected chi connectivity index (χ2v) is 5.06. The number of aryl methyl sites for hydroxylation is 1. The monoisotopic (exact) mass is 278 g/mol. The van der Waals surface area contributed by atoms with Gasteiger partial charge in [0.25, 0.3) is 5.56 Å². The first-order valence-corrected chi connectivity index (χ1v) is 6.88. The molecule has 100 valence electrons. The van der Waals surface area contributed by atoms with Crippen molar-refractivity contribution in [2.75, 3.05) is 0 Å². The minimum absolute atomic E-state index is 0.206. The van der Waals surface area contributed by atoms with Crippen molar-refractivity contribution in [3.63, 3.8) is 0 Å². The van der Waals surface area contributed by atoms with Gasteiger partial charge in [-0.15, -0.1) is 11.3 Å². The third-order valence-corrected chi connectivity index (χ3v) is 3.61. The zero-order valence-corrected chi connectivity index (χ0v) is 11.4. The summed E-state index contributed by atoms with van der Waals surface area (Å²) in [7, 11) is 0. The van der Waals surface area contributed by atoms with E-state index in [-0.39, 0.29) is 12.3 Å². The van der Waals surface area contributed by atoms with Crippen LogP contribution in [0.5, 0.6) is 0 Å². The number of ketones is 1. The summed E-state index contributed by atoms with van der Waals surface area (Å²) in [6.45, 7) is 2.27. The Labute approximate surface area is 113 Å². The second-order valence-electron chi connectivity index (χ2n) is 4.12. The van der Waals surface area contributed by atoms with E-state index in [1.54, 1.807) is 17.5 Å². The molecule has 0 radical (unpaired) electrons. The van der Waals surface area contributed by atoms with Crippen LogP contribution in [0.25, 0.3) is 0 Å². The molecule has 2 rings (SSSR count). The van der Waals surface area contributed by atoms with Crippen LogP contribution in [-0.4, -0.2) is 14.9 Å². The van der Waals surface area contributed by atoms with Gasteiger partial charge in [0.05, 0.1) is 11.4 Å². The van der Waals surface area contributed by atoms with Crippen molar-refractivity contribution >= 4 is 17.1 Å². The lowest BCUT2D eigenvalue weighted by atomic mass is 10.3. The molecule has 0 N–H and O–H groups in total. The highest BCUT2D eigenvalue weighted by atomic mass is 32.1. The summed E-state index contributed by atoms with van der Waals surface area (Å²) >= 11 is 1.30. The number of aromatic nitrogens is 2. The number of carbonyl (C=O) groups excluding carboxylic acids is 1. The van der Waals surface area contributed by atoms with E-state index >= 15 is 0 Å². The average Bonchev–Trinajstić information content (AvgIpc) is 2.92. The van der Waals surface area contributed by atoms with Gasteiger partial charge in [-0.05, 0) is 17.9 Å². The number of thiophene rings is 1. The van der Waals surface area contributed by atoms with Gasteiger partial charge >= 0.3 is 5.69 Å². The Morgan fingerprint density at radius 1 is 1.32 bits per heavy atom. The molecular formula is C13H14N2O3S. The normalized spacial score (nSPS) is 10.6. The first kappa shape index (κ1) is 13.5. The lowest BCUT2D eigenvalue weighted by Crippen LogP contribution is -2.40. The summed E-state index contributed by atoms with van der Waals surface area (Å²) < 4.78 is 2.43. The van der Waals surface area contributed by atoms with Crippen molar-refractivity contribution < 1.29 is 4.79 Å². The summed E-state index contributed by atoms with van der Waals surface area (Å²) in [4.78, 5) is 36.3. The molecule has 0 amide bonds. The van der Waals surface area contributed by atoms with Crippen LogP contribution in [0.15, 0.2) is 39.4 Å².